The molecule has 6 rings (SSSR count). The van der Waals surface area contributed by atoms with Crippen molar-refractivity contribution in [3.8, 4) is 22.8 Å². The van der Waals surface area contributed by atoms with Gasteiger partial charge in [0.25, 0.3) is 0 Å². The van der Waals surface area contributed by atoms with E-state index in [0.717, 1.165) is 29.3 Å². The van der Waals surface area contributed by atoms with Gasteiger partial charge in [0.15, 0.2) is 11.5 Å². The number of H-pyrrole nitrogens is 1. The van der Waals surface area contributed by atoms with Gasteiger partial charge in [-0.1, -0.05) is 24.3 Å². The monoisotopic (exact) mass is 589 g/mol. The number of nitrogens with one attached hydrogen (secondary N) is 1. The SMILES string of the molecule is COc1ccc(-c2[nH]c3ccc(C4CCN(C(=O)CCn5ccc6ccccc65)CC4)cc3c2CC(F)(F)F)cc1OC. The van der Waals surface area contributed by atoms with Crippen molar-refractivity contribution in [3.63, 3.8) is 0 Å². The molecular weight excluding hydrogens is 555 g/mol. The number of alkyl halides is 3. The molecule has 1 aliphatic heterocycles. The predicted molar refractivity (Wildman–Crippen MR) is 162 cm³/mol. The molecule has 0 bridgehead atoms. The maximum atomic E-state index is 13.8. The van der Waals surface area contributed by atoms with Crippen LogP contribution in [0.25, 0.3) is 33.1 Å². The van der Waals surface area contributed by atoms with E-state index in [1.54, 1.807) is 18.2 Å². The summed E-state index contributed by atoms with van der Waals surface area (Å²) in [6.45, 7) is 1.89. The van der Waals surface area contributed by atoms with Crippen LogP contribution in [0.15, 0.2) is 72.9 Å². The zero-order valence-corrected chi connectivity index (χ0v) is 24.2. The Morgan fingerprint density at radius 1 is 0.953 bits per heavy atom. The summed E-state index contributed by atoms with van der Waals surface area (Å²) < 4.78 is 54.3. The molecule has 2 aromatic heterocycles. The minimum atomic E-state index is -4.38. The molecule has 0 aliphatic carbocycles. The number of carbonyl (C=O) groups excluding carboxylic acids is 1. The van der Waals surface area contributed by atoms with Gasteiger partial charge in [-0.2, -0.15) is 13.2 Å². The molecule has 3 aromatic carbocycles. The summed E-state index contributed by atoms with van der Waals surface area (Å²) in [7, 11) is 3.02. The third-order valence-electron chi connectivity index (χ3n) is 8.55. The number of likely N-dealkylation sites (tertiary alicyclic amines) is 1. The van der Waals surface area contributed by atoms with Crippen molar-refractivity contribution in [1.29, 1.82) is 0 Å². The number of nitrogens with zero attached hydrogens (tertiary/aromatic N) is 2. The lowest BCUT2D eigenvalue weighted by molar-refractivity contribution is -0.132. The van der Waals surface area contributed by atoms with Crippen LogP contribution in [0.5, 0.6) is 11.5 Å². The number of aromatic nitrogens is 2. The standard InChI is InChI=1S/C34H34F3N3O3/c1-42-30-10-8-25(20-31(30)43-2)33-27(21-34(35,36)37)26-19-24(7-9-28(26)38-33)22-11-16-40(17-12-22)32(41)14-18-39-15-13-23-5-3-4-6-29(23)39/h3-10,13,15,19-20,22,38H,11-12,14,16-18,21H2,1-2H3. The van der Waals surface area contributed by atoms with Gasteiger partial charge in [0.05, 0.1) is 26.3 Å². The van der Waals surface area contributed by atoms with Gasteiger partial charge in [0.2, 0.25) is 5.91 Å². The van der Waals surface area contributed by atoms with Gasteiger partial charge >= 0.3 is 6.18 Å². The summed E-state index contributed by atoms with van der Waals surface area (Å²) in [6, 6.07) is 21.1. The maximum Gasteiger partial charge on any atom is 0.393 e. The quantitative estimate of drug-likeness (QED) is 0.202. The van der Waals surface area contributed by atoms with Crippen molar-refractivity contribution in [2.24, 2.45) is 0 Å². The van der Waals surface area contributed by atoms with Gasteiger partial charge in [-0.05, 0) is 77.7 Å². The normalized spacial score (nSPS) is 14.5. The lowest BCUT2D eigenvalue weighted by atomic mass is 9.88. The zero-order valence-electron chi connectivity index (χ0n) is 24.2. The first-order chi connectivity index (χ1) is 20.7. The van der Waals surface area contributed by atoms with Crippen LogP contribution in [0.1, 0.15) is 36.3 Å². The molecule has 0 radical (unpaired) electrons. The highest BCUT2D eigenvalue weighted by atomic mass is 19.4. The number of amides is 1. The van der Waals surface area contributed by atoms with E-state index in [0.29, 0.717) is 59.7 Å². The van der Waals surface area contributed by atoms with E-state index in [4.69, 9.17) is 9.47 Å². The molecule has 9 heteroatoms. The Bertz CT molecular complexity index is 1760. The Labute approximate surface area is 248 Å². The van der Waals surface area contributed by atoms with Gasteiger partial charge < -0.3 is 23.9 Å². The number of aromatic amines is 1. The number of para-hydroxylation sites is 1. The molecular formula is C34H34F3N3O3. The van der Waals surface area contributed by atoms with E-state index < -0.39 is 12.6 Å². The summed E-state index contributed by atoms with van der Waals surface area (Å²) >= 11 is 0. The van der Waals surface area contributed by atoms with E-state index in [-0.39, 0.29) is 17.4 Å². The second kappa shape index (κ2) is 11.7. The number of methoxy groups -OCH3 is 2. The van der Waals surface area contributed by atoms with Crippen molar-refractivity contribution in [2.75, 3.05) is 27.3 Å². The van der Waals surface area contributed by atoms with Gasteiger partial charge in [-0.3, -0.25) is 4.79 Å². The van der Waals surface area contributed by atoms with Gasteiger partial charge in [0, 0.05) is 54.2 Å². The van der Waals surface area contributed by atoms with Crippen molar-refractivity contribution >= 4 is 27.7 Å². The van der Waals surface area contributed by atoms with E-state index in [1.165, 1.54) is 14.2 Å². The average molecular weight is 590 g/mol. The number of halogens is 3. The molecule has 6 nitrogen and oxygen atoms in total. The first-order valence-corrected chi connectivity index (χ1v) is 14.5. The zero-order chi connectivity index (χ0) is 30.1. The van der Waals surface area contributed by atoms with Crippen molar-refractivity contribution in [3.05, 3.63) is 84.1 Å². The van der Waals surface area contributed by atoms with Gasteiger partial charge in [0.1, 0.15) is 0 Å². The number of carbonyl (C=O) groups is 1. The number of fused-ring (bicyclic) bond motifs is 2. The van der Waals surface area contributed by atoms with Crippen LogP contribution in [-0.2, 0) is 17.8 Å². The first-order valence-electron chi connectivity index (χ1n) is 14.5. The predicted octanol–water partition coefficient (Wildman–Crippen LogP) is 7.71. The average Bonchev–Trinajstić information content (AvgIpc) is 3.59. The van der Waals surface area contributed by atoms with Gasteiger partial charge in [-0.25, -0.2) is 0 Å². The Balaban J connectivity index is 1.19. The topological polar surface area (TPSA) is 59.5 Å². The number of aryl methyl sites for hydroxylation is 1. The molecule has 1 saturated heterocycles. The Hall–Kier alpha value is -4.40. The second-order valence-electron chi connectivity index (χ2n) is 11.1. The fraction of sp³-hybridized carbons (Fsp3) is 0.324. The lowest BCUT2D eigenvalue weighted by Gasteiger charge is -2.32. The number of hydrogen-bond donors (Lipinski definition) is 1. The Morgan fingerprint density at radius 3 is 2.47 bits per heavy atom. The van der Waals surface area contributed by atoms with Crippen molar-refractivity contribution in [1.82, 2.24) is 14.5 Å². The fourth-order valence-corrected chi connectivity index (χ4v) is 6.31. The van der Waals surface area contributed by atoms with Crippen LogP contribution in [-0.4, -0.2) is 53.8 Å². The van der Waals surface area contributed by atoms with Gasteiger partial charge in [-0.15, -0.1) is 0 Å². The number of benzene rings is 3. The molecule has 3 heterocycles. The van der Waals surface area contributed by atoms with Crippen LogP contribution in [0, 0.1) is 0 Å². The Kier molecular flexibility index (Phi) is 7.81. The van der Waals surface area contributed by atoms with Crippen molar-refractivity contribution < 1.29 is 27.4 Å². The largest absolute Gasteiger partial charge is 0.493 e. The lowest BCUT2D eigenvalue weighted by Crippen LogP contribution is -2.38. The van der Waals surface area contributed by atoms with E-state index in [1.807, 2.05) is 41.4 Å². The molecule has 0 atom stereocenters. The van der Waals surface area contributed by atoms with Crippen LogP contribution in [0.4, 0.5) is 13.2 Å². The number of hydrogen-bond acceptors (Lipinski definition) is 3. The van der Waals surface area contributed by atoms with Crippen LogP contribution >= 0.6 is 0 Å². The van der Waals surface area contributed by atoms with Crippen molar-refractivity contribution in [2.45, 2.75) is 44.3 Å². The number of rotatable bonds is 8. The Morgan fingerprint density at radius 2 is 1.72 bits per heavy atom. The molecule has 1 fully saturated rings. The molecule has 5 aromatic rings. The third-order valence-corrected chi connectivity index (χ3v) is 8.55. The molecule has 43 heavy (non-hydrogen) atoms. The summed E-state index contributed by atoms with van der Waals surface area (Å²) in [5, 5.41) is 1.72. The summed E-state index contributed by atoms with van der Waals surface area (Å²) in [5.74, 6) is 1.25. The summed E-state index contributed by atoms with van der Waals surface area (Å²) in [6.07, 6.45) is -1.45. The number of piperidine rings is 1. The molecule has 0 spiro atoms. The maximum absolute atomic E-state index is 13.8. The van der Waals surface area contributed by atoms with Crippen LogP contribution in [0.2, 0.25) is 0 Å². The summed E-state index contributed by atoms with van der Waals surface area (Å²) in [5.41, 5.74) is 3.99. The molecule has 1 aliphatic rings. The third kappa shape index (κ3) is 5.94. The number of ether oxygens (including phenoxy) is 2. The fourth-order valence-electron chi connectivity index (χ4n) is 6.31. The van der Waals surface area contributed by atoms with Crippen LogP contribution in [0.3, 0.4) is 0 Å². The molecule has 224 valence electrons. The smallest absolute Gasteiger partial charge is 0.393 e. The minimum Gasteiger partial charge on any atom is -0.493 e. The molecule has 1 N–H and O–H groups in total. The molecule has 1 amide bonds. The van der Waals surface area contributed by atoms with E-state index in [9.17, 15) is 18.0 Å². The summed E-state index contributed by atoms with van der Waals surface area (Å²) in [4.78, 5) is 18.2. The highest BCUT2D eigenvalue weighted by Crippen LogP contribution is 2.40. The minimum absolute atomic E-state index is 0.129. The second-order valence-corrected chi connectivity index (χ2v) is 11.1. The first kappa shape index (κ1) is 28.7. The molecule has 0 unspecified atom stereocenters. The highest BCUT2D eigenvalue weighted by molar-refractivity contribution is 5.92. The van der Waals surface area contributed by atoms with E-state index in [2.05, 4.69) is 27.8 Å². The highest BCUT2D eigenvalue weighted by Gasteiger charge is 2.32. The van der Waals surface area contributed by atoms with E-state index >= 15 is 0 Å². The molecule has 0 saturated carbocycles. The van der Waals surface area contributed by atoms with Crippen LogP contribution < -0.4 is 9.47 Å².